The van der Waals surface area contributed by atoms with Crippen molar-refractivity contribution in [2.24, 2.45) is 0 Å². The molecule has 0 bridgehead atoms. The summed E-state index contributed by atoms with van der Waals surface area (Å²) in [6, 6.07) is 28.4. The van der Waals surface area contributed by atoms with E-state index in [1.165, 1.54) is 23.5 Å². The molecule has 1 aromatic heterocycles. The number of carbonyl (C=O) groups excluding carboxylic acids is 1. The summed E-state index contributed by atoms with van der Waals surface area (Å²) in [5.41, 5.74) is 3.96. The number of nitro groups is 1. The molecular weight excluding hydrogens is 512 g/mol. The molecule has 0 radical (unpaired) electrons. The van der Waals surface area contributed by atoms with E-state index in [0.29, 0.717) is 36.5 Å². The van der Waals surface area contributed by atoms with Gasteiger partial charge in [0, 0.05) is 47.7 Å². The van der Waals surface area contributed by atoms with Gasteiger partial charge in [-0.05, 0) is 29.1 Å². The number of nitrogens with one attached hydrogen (secondary N) is 1. The van der Waals surface area contributed by atoms with Crippen LogP contribution in [0.1, 0.15) is 15.9 Å². The molecule has 0 unspecified atom stereocenters. The third-order valence-corrected chi connectivity index (χ3v) is 7.15. The minimum atomic E-state index is -0.402. The van der Waals surface area contributed by atoms with Crippen molar-refractivity contribution in [1.82, 2.24) is 10.3 Å². The van der Waals surface area contributed by atoms with Gasteiger partial charge in [-0.2, -0.15) is 0 Å². The highest BCUT2D eigenvalue weighted by Gasteiger charge is 2.18. The lowest BCUT2D eigenvalue weighted by molar-refractivity contribution is -0.384. The van der Waals surface area contributed by atoms with Crippen LogP contribution in [-0.4, -0.2) is 36.1 Å². The molecule has 1 amide bonds. The number of hydrogen-bond acceptors (Lipinski definition) is 7. The Morgan fingerprint density at radius 2 is 1.79 bits per heavy atom. The van der Waals surface area contributed by atoms with Crippen LogP contribution in [0.25, 0.3) is 22.0 Å². The van der Waals surface area contributed by atoms with E-state index in [2.05, 4.69) is 34.5 Å². The highest BCUT2D eigenvalue weighted by Crippen LogP contribution is 2.37. The number of anilines is 2. The first kappa shape index (κ1) is 26.0. The number of fused-ring (bicyclic) bond motifs is 1. The highest BCUT2D eigenvalue weighted by atomic mass is 32.1. The summed E-state index contributed by atoms with van der Waals surface area (Å²) in [5.74, 6) is -0.147. The second kappa shape index (κ2) is 11.8. The van der Waals surface area contributed by atoms with Crippen molar-refractivity contribution in [2.75, 3.05) is 25.2 Å². The number of nitro benzene ring substituents is 1. The van der Waals surface area contributed by atoms with Crippen LogP contribution < -0.4 is 10.2 Å². The molecule has 39 heavy (non-hydrogen) atoms. The Bertz CT molecular complexity index is 1610. The van der Waals surface area contributed by atoms with Crippen LogP contribution in [0, 0.1) is 10.1 Å². The maximum absolute atomic E-state index is 12.4. The predicted molar refractivity (Wildman–Crippen MR) is 155 cm³/mol. The standard InChI is InChI=1S/C30H26N4O4S/c1-38-17-16-31-29(35)23-14-12-21(13-15-23)19-33(28-11-5-7-22-6-2-3-10-26(22)28)30-32-27(20-39-30)24-8-4-9-25(18-24)34(36)37/h2-15,18,20H,16-17,19H2,1H3,(H,31,35). The van der Waals surface area contributed by atoms with Gasteiger partial charge in [-0.25, -0.2) is 4.98 Å². The summed E-state index contributed by atoms with van der Waals surface area (Å²) in [4.78, 5) is 30.3. The van der Waals surface area contributed by atoms with Crippen LogP contribution in [0.5, 0.6) is 0 Å². The molecular formula is C30H26N4O4S. The number of nitrogens with zero attached hydrogens (tertiary/aromatic N) is 3. The average Bonchev–Trinajstić information content (AvgIpc) is 3.46. The van der Waals surface area contributed by atoms with Crippen molar-refractivity contribution < 1.29 is 14.5 Å². The molecule has 0 aliphatic rings. The van der Waals surface area contributed by atoms with E-state index in [-0.39, 0.29) is 11.6 Å². The monoisotopic (exact) mass is 538 g/mol. The van der Waals surface area contributed by atoms with Gasteiger partial charge in [-0.15, -0.1) is 11.3 Å². The second-order valence-corrected chi connectivity index (χ2v) is 9.69. The Morgan fingerprint density at radius 3 is 2.59 bits per heavy atom. The molecule has 0 aliphatic carbocycles. The summed E-state index contributed by atoms with van der Waals surface area (Å²) in [7, 11) is 1.59. The van der Waals surface area contributed by atoms with Gasteiger partial charge < -0.3 is 15.0 Å². The van der Waals surface area contributed by atoms with E-state index in [4.69, 9.17) is 9.72 Å². The van der Waals surface area contributed by atoms with Crippen LogP contribution in [-0.2, 0) is 11.3 Å². The van der Waals surface area contributed by atoms with Gasteiger partial charge in [0.25, 0.3) is 11.6 Å². The Hall–Kier alpha value is -4.60. The van der Waals surface area contributed by atoms with Crippen molar-refractivity contribution >= 4 is 44.5 Å². The Morgan fingerprint density at radius 1 is 1.03 bits per heavy atom. The topological polar surface area (TPSA) is 97.6 Å². The van der Waals surface area contributed by atoms with Gasteiger partial charge in [0.1, 0.15) is 0 Å². The molecule has 1 N–H and O–H groups in total. The van der Waals surface area contributed by atoms with Crippen molar-refractivity contribution in [3.8, 4) is 11.3 Å². The van der Waals surface area contributed by atoms with Crippen molar-refractivity contribution in [3.63, 3.8) is 0 Å². The molecule has 0 atom stereocenters. The number of methoxy groups -OCH3 is 1. The molecule has 0 spiro atoms. The fourth-order valence-corrected chi connectivity index (χ4v) is 5.16. The molecule has 0 aliphatic heterocycles. The fraction of sp³-hybridized carbons (Fsp3) is 0.133. The average molecular weight is 539 g/mol. The normalized spacial score (nSPS) is 10.9. The van der Waals surface area contributed by atoms with Gasteiger partial charge >= 0.3 is 0 Å². The summed E-state index contributed by atoms with van der Waals surface area (Å²) >= 11 is 1.48. The van der Waals surface area contributed by atoms with Gasteiger partial charge in [0.15, 0.2) is 5.13 Å². The van der Waals surface area contributed by atoms with Gasteiger partial charge in [-0.3, -0.25) is 14.9 Å². The predicted octanol–water partition coefficient (Wildman–Crippen LogP) is 6.59. The zero-order valence-electron chi connectivity index (χ0n) is 21.2. The lowest BCUT2D eigenvalue weighted by Gasteiger charge is -2.24. The first-order valence-electron chi connectivity index (χ1n) is 12.4. The molecule has 8 nitrogen and oxygen atoms in total. The number of rotatable bonds is 10. The van der Waals surface area contributed by atoms with Crippen LogP contribution in [0.15, 0.2) is 96.4 Å². The minimum absolute atomic E-state index is 0.0271. The molecule has 0 saturated carbocycles. The lowest BCUT2D eigenvalue weighted by atomic mass is 10.1. The van der Waals surface area contributed by atoms with E-state index >= 15 is 0 Å². The van der Waals surface area contributed by atoms with Gasteiger partial charge in [-0.1, -0.05) is 60.7 Å². The number of non-ortho nitro benzene ring substituents is 1. The first-order chi connectivity index (χ1) is 19.0. The smallest absolute Gasteiger partial charge is 0.270 e. The molecule has 1 heterocycles. The summed E-state index contributed by atoms with van der Waals surface area (Å²) < 4.78 is 5.00. The number of benzene rings is 4. The van der Waals surface area contributed by atoms with Crippen molar-refractivity contribution in [2.45, 2.75) is 6.54 Å². The van der Waals surface area contributed by atoms with E-state index in [1.54, 1.807) is 13.2 Å². The maximum Gasteiger partial charge on any atom is 0.270 e. The van der Waals surface area contributed by atoms with Crippen LogP contribution in [0.4, 0.5) is 16.5 Å². The van der Waals surface area contributed by atoms with E-state index < -0.39 is 4.92 Å². The molecule has 9 heteroatoms. The number of amides is 1. The van der Waals surface area contributed by atoms with Gasteiger partial charge in [0.2, 0.25) is 0 Å². The van der Waals surface area contributed by atoms with Gasteiger partial charge in [0.05, 0.1) is 29.5 Å². The molecule has 4 aromatic carbocycles. The number of hydrogen-bond donors (Lipinski definition) is 1. The molecule has 5 rings (SSSR count). The Balaban J connectivity index is 1.49. The van der Waals surface area contributed by atoms with Crippen molar-refractivity contribution in [1.29, 1.82) is 0 Å². The van der Waals surface area contributed by atoms with E-state index in [1.807, 2.05) is 53.9 Å². The molecule has 0 fully saturated rings. The van der Waals surface area contributed by atoms with Crippen LogP contribution in [0.3, 0.4) is 0 Å². The van der Waals surface area contributed by atoms with Crippen molar-refractivity contribution in [3.05, 3.63) is 118 Å². The zero-order valence-corrected chi connectivity index (χ0v) is 22.1. The van der Waals surface area contributed by atoms with Crippen LogP contribution in [0.2, 0.25) is 0 Å². The molecule has 196 valence electrons. The summed E-state index contributed by atoms with van der Waals surface area (Å²) in [5, 5.41) is 19.0. The number of ether oxygens (including phenoxy) is 1. The second-order valence-electron chi connectivity index (χ2n) is 8.85. The number of carbonyl (C=O) groups is 1. The Labute approximate surface area is 229 Å². The van der Waals surface area contributed by atoms with Crippen LogP contribution >= 0.6 is 11.3 Å². The first-order valence-corrected chi connectivity index (χ1v) is 13.2. The molecule has 0 saturated heterocycles. The maximum atomic E-state index is 12.4. The molecule has 5 aromatic rings. The number of aromatic nitrogens is 1. The largest absolute Gasteiger partial charge is 0.383 e. The fourth-order valence-electron chi connectivity index (χ4n) is 4.31. The quantitative estimate of drug-likeness (QED) is 0.122. The lowest BCUT2D eigenvalue weighted by Crippen LogP contribution is -2.26. The number of thiazole rings is 1. The third-order valence-electron chi connectivity index (χ3n) is 6.28. The third kappa shape index (κ3) is 5.95. The SMILES string of the molecule is COCCNC(=O)c1ccc(CN(c2nc(-c3cccc([N+](=O)[O-])c3)cs2)c2cccc3ccccc23)cc1. The summed E-state index contributed by atoms with van der Waals surface area (Å²) in [6.45, 7) is 1.42. The zero-order chi connectivity index (χ0) is 27.2. The Kier molecular flexibility index (Phi) is 7.91. The minimum Gasteiger partial charge on any atom is -0.383 e. The van der Waals surface area contributed by atoms with E-state index in [9.17, 15) is 14.9 Å². The highest BCUT2D eigenvalue weighted by molar-refractivity contribution is 7.14. The van der Waals surface area contributed by atoms with E-state index in [0.717, 1.165) is 27.2 Å². The summed E-state index contributed by atoms with van der Waals surface area (Å²) in [6.07, 6.45) is 0.